The van der Waals surface area contributed by atoms with Crippen LogP contribution in [0.4, 0.5) is 0 Å². The maximum absolute atomic E-state index is 4.92. The molecule has 84 valence electrons. The molecule has 0 radical (unpaired) electrons. The second-order valence-corrected chi connectivity index (χ2v) is 4.45. The second-order valence-electron chi connectivity index (χ2n) is 4.45. The third kappa shape index (κ3) is 2.78. The van der Waals surface area contributed by atoms with Crippen LogP contribution in [0, 0.1) is 12.8 Å². The van der Waals surface area contributed by atoms with Gasteiger partial charge < -0.3 is 9.84 Å². The van der Waals surface area contributed by atoms with E-state index < -0.39 is 0 Å². The van der Waals surface area contributed by atoms with E-state index in [1.54, 1.807) is 0 Å². The molecule has 2 unspecified atom stereocenters. The third-order valence-corrected chi connectivity index (χ3v) is 3.19. The first-order valence-electron chi connectivity index (χ1n) is 5.78. The lowest BCUT2D eigenvalue weighted by Gasteiger charge is -2.16. The monoisotopic (exact) mass is 209 g/mol. The summed E-state index contributed by atoms with van der Waals surface area (Å²) in [6.07, 6.45) is 4.89. The van der Waals surface area contributed by atoms with Crippen LogP contribution in [0.25, 0.3) is 0 Å². The Morgan fingerprint density at radius 2 is 2.33 bits per heavy atom. The zero-order chi connectivity index (χ0) is 10.7. The molecule has 0 aromatic carbocycles. The van der Waals surface area contributed by atoms with E-state index in [1.165, 1.54) is 19.3 Å². The lowest BCUT2D eigenvalue weighted by Crippen LogP contribution is -2.32. The summed E-state index contributed by atoms with van der Waals surface area (Å²) in [5.41, 5.74) is 0. The second kappa shape index (κ2) is 4.75. The summed E-state index contributed by atoms with van der Waals surface area (Å²) in [4.78, 5) is 4.18. The SMILES string of the molecule is Cc1nc(CCNC2CCCC2C)no1. The van der Waals surface area contributed by atoms with Crippen LogP contribution in [-0.2, 0) is 6.42 Å². The third-order valence-electron chi connectivity index (χ3n) is 3.19. The zero-order valence-corrected chi connectivity index (χ0v) is 9.49. The van der Waals surface area contributed by atoms with E-state index in [9.17, 15) is 0 Å². The van der Waals surface area contributed by atoms with Crippen LogP contribution in [0.15, 0.2) is 4.52 Å². The maximum atomic E-state index is 4.92. The van der Waals surface area contributed by atoms with E-state index in [0.717, 1.165) is 24.7 Å². The number of hydrogen-bond acceptors (Lipinski definition) is 4. The van der Waals surface area contributed by atoms with Gasteiger partial charge in [0.15, 0.2) is 5.82 Å². The topological polar surface area (TPSA) is 51.0 Å². The Balaban J connectivity index is 1.70. The van der Waals surface area contributed by atoms with Gasteiger partial charge in [-0.1, -0.05) is 18.5 Å². The molecule has 4 heteroatoms. The van der Waals surface area contributed by atoms with E-state index in [0.29, 0.717) is 11.9 Å². The molecule has 1 heterocycles. The van der Waals surface area contributed by atoms with Crippen molar-refractivity contribution in [2.45, 2.75) is 45.6 Å². The average molecular weight is 209 g/mol. The molecule has 1 aliphatic carbocycles. The van der Waals surface area contributed by atoms with Crippen molar-refractivity contribution >= 4 is 0 Å². The van der Waals surface area contributed by atoms with Gasteiger partial charge in [0.05, 0.1) is 0 Å². The Kier molecular flexibility index (Phi) is 3.36. The summed E-state index contributed by atoms with van der Waals surface area (Å²) in [6.45, 7) is 5.10. The number of hydrogen-bond donors (Lipinski definition) is 1. The highest BCUT2D eigenvalue weighted by Crippen LogP contribution is 2.24. The minimum absolute atomic E-state index is 0.652. The number of nitrogens with one attached hydrogen (secondary N) is 1. The van der Waals surface area contributed by atoms with E-state index >= 15 is 0 Å². The molecule has 1 aromatic heterocycles. The largest absolute Gasteiger partial charge is 0.340 e. The maximum Gasteiger partial charge on any atom is 0.223 e. The van der Waals surface area contributed by atoms with Crippen LogP contribution in [0.3, 0.4) is 0 Å². The Labute approximate surface area is 90.4 Å². The van der Waals surface area contributed by atoms with Crippen LogP contribution >= 0.6 is 0 Å². The molecule has 1 saturated carbocycles. The first kappa shape index (κ1) is 10.6. The van der Waals surface area contributed by atoms with Crippen LogP contribution in [0.1, 0.15) is 37.9 Å². The van der Waals surface area contributed by atoms with Crippen molar-refractivity contribution in [2.24, 2.45) is 5.92 Å². The summed E-state index contributed by atoms with van der Waals surface area (Å²) in [5.74, 6) is 2.28. The molecule has 1 aromatic rings. The highest BCUT2D eigenvalue weighted by molar-refractivity contribution is 4.86. The molecule has 0 amide bonds. The highest BCUT2D eigenvalue weighted by Gasteiger charge is 2.22. The van der Waals surface area contributed by atoms with E-state index in [1.807, 2.05) is 6.92 Å². The first-order chi connectivity index (χ1) is 7.25. The standard InChI is InChI=1S/C11H19N3O/c1-8-4-3-5-10(8)12-7-6-11-13-9(2)15-14-11/h8,10,12H,3-7H2,1-2H3. The molecule has 0 aliphatic heterocycles. The van der Waals surface area contributed by atoms with Crippen molar-refractivity contribution in [3.05, 3.63) is 11.7 Å². The fraction of sp³-hybridized carbons (Fsp3) is 0.818. The fourth-order valence-electron chi connectivity index (χ4n) is 2.26. The number of nitrogens with zero attached hydrogens (tertiary/aromatic N) is 2. The number of aryl methyl sites for hydroxylation is 1. The molecule has 0 bridgehead atoms. The van der Waals surface area contributed by atoms with E-state index in [-0.39, 0.29) is 0 Å². The number of aromatic nitrogens is 2. The van der Waals surface area contributed by atoms with Crippen molar-refractivity contribution in [2.75, 3.05) is 6.54 Å². The predicted octanol–water partition coefficient (Wildman–Crippen LogP) is 1.70. The summed E-state index contributed by atoms with van der Waals surface area (Å²) < 4.78 is 4.92. The van der Waals surface area contributed by atoms with Gasteiger partial charge in [0.25, 0.3) is 0 Å². The lowest BCUT2D eigenvalue weighted by atomic mass is 10.1. The predicted molar refractivity (Wildman–Crippen MR) is 57.5 cm³/mol. The van der Waals surface area contributed by atoms with Crippen molar-refractivity contribution in [1.29, 1.82) is 0 Å². The molecule has 1 fully saturated rings. The smallest absolute Gasteiger partial charge is 0.223 e. The van der Waals surface area contributed by atoms with Gasteiger partial charge in [-0.2, -0.15) is 4.98 Å². The molecular formula is C11H19N3O. The average Bonchev–Trinajstić information content (AvgIpc) is 2.77. The summed E-state index contributed by atoms with van der Waals surface area (Å²) in [5, 5.41) is 7.44. The first-order valence-corrected chi connectivity index (χ1v) is 5.78. The van der Waals surface area contributed by atoms with Crippen molar-refractivity contribution < 1.29 is 4.52 Å². The zero-order valence-electron chi connectivity index (χ0n) is 9.49. The van der Waals surface area contributed by atoms with Gasteiger partial charge in [0.1, 0.15) is 0 Å². The Morgan fingerprint density at radius 1 is 1.47 bits per heavy atom. The highest BCUT2D eigenvalue weighted by atomic mass is 16.5. The van der Waals surface area contributed by atoms with Crippen molar-refractivity contribution in [3.8, 4) is 0 Å². The van der Waals surface area contributed by atoms with Crippen LogP contribution in [0.5, 0.6) is 0 Å². The van der Waals surface area contributed by atoms with Crippen molar-refractivity contribution in [1.82, 2.24) is 15.5 Å². The van der Waals surface area contributed by atoms with E-state index in [2.05, 4.69) is 22.4 Å². The minimum Gasteiger partial charge on any atom is -0.340 e. The van der Waals surface area contributed by atoms with E-state index in [4.69, 9.17) is 4.52 Å². The molecular weight excluding hydrogens is 190 g/mol. The molecule has 4 nitrogen and oxygen atoms in total. The fourth-order valence-corrected chi connectivity index (χ4v) is 2.26. The molecule has 0 spiro atoms. The quantitative estimate of drug-likeness (QED) is 0.820. The summed E-state index contributed by atoms with van der Waals surface area (Å²) >= 11 is 0. The molecule has 1 N–H and O–H groups in total. The molecule has 2 atom stereocenters. The van der Waals surface area contributed by atoms with Gasteiger partial charge >= 0.3 is 0 Å². The summed E-state index contributed by atoms with van der Waals surface area (Å²) in [7, 11) is 0. The molecule has 1 aliphatic rings. The van der Waals surface area contributed by atoms with Crippen LogP contribution in [0.2, 0.25) is 0 Å². The van der Waals surface area contributed by atoms with Gasteiger partial charge in [-0.15, -0.1) is 0 Å². The molecule has 0 saturated heterocycles. The van der Waals surface area contributed by atoms with Gasteiger partial charge in [0, 0.05) is 25.9 Å². The van der Waals surface area contributed by atoms with Gasteiger partial charge in [-0.25, -0.2) is 0 Å². The van der Waals surface area contributed by atoms with Gasteiger partial charge in [-0.05, 0) is 18.8 Å². The Bertz CT molecular complexity index is 311. The normalized spacial score (nSPS) is 26.0. The molecule has 2 rings (SSSR count). The van der Waals surface area contributed by atoms with Gasteiger partial charge in [0.2, 0.25) is 5.89 Å². The van der Waals surface area contributed by atoms with Gasteiger partial charge in [-0.3, -0.25) is 0 Å². The van der Waals surface area contributed by atoms with Crippen LogP contribution < -0.4 is 5.32 Å². The minimum atomic E-state index is 0.652. The van der Waals surface area contributed by atoms with Crippen LogP contribution in [-0.4, -0.2) is 22.7 Å². The molecule has 15 heavy (non-hydrogen) atoms. The lowest BCUT2D eigenvalue weighted by molar-refractivity contribution is 0.384. The Hall–Kier alpha value is -0.900. The Morgan fingerprint density at radius 3 is 2.93 bits per heavy atom. The number of rotatable bonds is 4. The summed E-state index contributed by atoms with van der Waals surface area (Å²) in [6, 6.07) is 0.693. The van der Waals surface area contributed by atoms with Crippen molar-refractivity contribution in [3.63, 3.8) is 0 Å².